The molecule has 0 aromatic heterocycles. The van der Waals surface area contributed by atoms with Crippen molar-refractivity contribution < 1.29 is 19.1 Å². The van der Waals surface area contributed by atoms with E-state index in [4.69, 9.17) is 4.74 Å². The number of hydrogen-bond acceptors (Lipinski definition) is 5. The molecule has 1 aromatic rings. The van der Waals surface area contributed by atoms with Gasteiger partial charge in [0, 0.05) is 31.0 Å². The molecule has 1 fully saturated rings. The lowest BCUT2D eigenvalue weighted by Gasteiger charge is -2.36. The standard InChI is InChI=1S/C27H43N3O4.C4H10/c1-8-21(27(4,5)20-13-10-9-11-14-20)25(32)28-17-24(31)29(6)23(19(2)3)18-30-16-12-15-22(30)26(33)34-7;1-4(2)3/h9-11,13-14,19,21-23H,8,12,15-18H2,1-7H3,(H,28,32);4H,1-3H3/t21-,22+,23-;/m1./s1. The predicted molar refractivity (Wildman–Crippen MR) is 155 cm³/mol. The number of rotatable bonds is 11. The smallest absolute Gasteiger partial charge is 0.323 e. The molecular weight excluding hydrogens is 478 g/mol. The molecule has 2 rings (SSSR count). The van der Waals surface area contributed by atoms with E-state index >= 15 is 0 Å². The van der Waals surface area contributed by atoms with E-state index in [0.717, 1.165) is 30.9 Å². The van der Waals surface area contributed by atoms with Crippen molar-refractivity contribution in [3.63, 3.8) is 0 Å². The molecule has 3 atom stereocenters. The summed E-state index contributed by atoms with van der Waals surface area (Å²) >= 11 is 0. The van der Waals surface area contributed by atoms with E-state index in [1.165, 1.54) is 7.11 Å². The quantitative estimate of drug-likeness (QED) is 0.412. The van der Waals surface area contributed by atoms with Crippen LogP contribution in [0.3, 0.4) is 0 Å². The van der Waals surface area contributed by atoms with Crippen molar-refractivity contribution in [2.75, 3.05) is 33.8 Å². The number of likely N-dealkylation sites (N-methyl/N-ethyl adjacent to an activating group) is 1. The van der Waals surface area contributed by atoms with Gasteiger partial charge in [-0.05, 0) is 43.2 Å². The normalized spacial score (nSPS) is 17.4. The lowest BCUT2D eigenvalue weighted by atomic mass is 9.71. The highest BCUT2D eigenvalue weighted by molar-refractivity contribution is 5.86. The number of benzene rings is 1. The summed E-state index contributed by atoms with van der Waals surface area (Å²) in [4.78, 5) is 42.2. The fourth-order valence-electron chi connectivity index (χ4n) is 5.16. The van der Waals surface area contributed by atoms with E-state index in [0.29, 0.717) is 13.0 Å². The summed E-state index contributed by atoms with van der Waals surface area (Å²) in [6, 6.07) is 9.70. The number of esters is 1. The van der Waals surface area contributed by atoms with Crippen LogP contribution in [0.2, 0.25) is 0 Å². The fraction of sp³-hybridized carbons (Fsp3) is 0.710. The Labute approximate surface area is 231 Å². The van der Waals surface area contributed by atoms with Crippen LogP contribution in [0, 0.1) is 17.8 Å². The zero-order chi connectivity index (χ0) is 29.0. The molecule has 1 aromatic carbocycles. The molecule has 2 amide bonds. The van der Waals surface area contributed by atoms with E-state index in [2.05, 4.69) is 58.7 Å². The summed E-state index contributed by atoms with van der Waals surface area (Å²) in [7, 11) is 3.20. The Morgan fingerprint density at radius 1 is 1.11 bits per heavy atom. The maximum atomic E-state index is 13.1. The molecule has 0 bridgehead atoms. The minimum absolute atomic E-state index is 0.0413. The Morgan fingerprint density at radius 2 is 1.68 bits per heavy atom. The molecule has 216 valence electrons. The number of carbonyl (C=O) groups is 3. The first kappa shape index (κ1) is 33.6. The van der Waals surface area contributed by atoms with Crippen molar-refractivity contribution in [2.24, 2.45) is 17.8 Å². The van der Waals surface area contributed by atoms with Gasteiger partial charge in [-0.25, -0.2) is 0 Å². The summed E-state index contributed by atoms with van der Waals surface area (Å²) in [6.45, 7) is 18.2. The number of nitrogens with zero attached hydrogens (tertiary/aromatic N) is 2. The van der Waals surface area contributed by atoms with Crippen LogP contribution >= 0.6 is 0 Å². The van der Waals surface area contributed by atoms with Crippen LogP contribution in [0.25, 0.3) is 0 Å². The average molecular weight is 532 g/mol. The molecule has 0 radical (unpaired) electrons. The minimum Gasteiger partial charge on any atom is -0.468 e. The Balaban J connectivity index is 0.00000168. The van der Waals surface area contributed by atoms with Crippen molar-refractivity contribution in [2.45, 2.75) is 92.2 Å². The third-order valence-corrected chi connectivity index (χ3v) is 7.45. The Morgan fingerprint density at radius 3 is 2.18 bits per heavy atom. The number of ether oxygens (including phenoxy) is 1. The van der Waals surface area contributed by atoms with Gasteiger partial charge in [0.1, 0.15) is 6.04 Å². The molecule has 1 N–H and O–H groups in total. The van der Waals surface area contributed by atoms with E-state index < -0.39 is 0 Å². The molecule has 0 unspecified atom stereocenters. The first-order valence-electron chi connectivity index (χ1n) is 14.2. The molecule has 38 heavy (non-hydrogen) atoms. The summed E-state index contributed by atoms with van der Waals surface area (Å²) < 4.78 is 4.96. The second-order valence-corrected chi connectivity index (χ2v) is 12.0. The van der Waals surface area contributed by atoms with Crippen molar-refractivity contribution in [3.8, 4) is 0 Å². The molecule has 1 aliphatic heterocycles. The highest BCUT2D eigenvalue weighted by Gasteiger charge is 2.37. The highest BCUT2D eigenvalue weighted by atomic mass is 16.5. The topological polar surface area (TPSA) is 79.0 Å². The molecule has 0 aliphatic carbocycles. The maximum Gasteiger partial charge on any atom is 0.323 e. The van der Waals surface area contributed by atoms with Crippen LogP contribution in [-0.2, 0) is 24.5 Å². The first-order valence-corrected chi connectivity index (χ1v) is 14.2. The van der Waals surface area contributed by atoms with Gasteiger partial charge in [-0.2, -0.15) is 0 Å². The van der Waals surface area contributed by atoms with Gasteiger partial charge in [0.2, 0.25) is 11.8 Å². The summed E-state index contributed by atoms with van der Waals surface area (Å²) in [6.07, 6.45) is 2.39. The van der Waals surface area contributed by atoms with Gasteiger partial charge in [0.25, 0.3) is 0 Å². The number of amides is 2. The van der Waals surface area contributed by atoms with Gasteiger partial charge in [-0.15, -0.1) is 0 Å². The summed E-state index contributed by atoms with van der Waals surface area (Å²) in [5.41, 5.74) is 0.750. The average Bonchev–Trinajstić information content (AvgIpc) is 3.33. The molecule has 0 saturated carbocycles. The molecule has 7 heteroatoms. The Kier molecular flexibility index (Phi) is 14.0. The zero-order valence-electron chi connectivity index (χ0n) is 25.5. The van der Waals surface area contributed by atoms with Gasteiger partial charge in [0.05, 0.1) is 13.7 Å². The van der Waals surface area contributed by atoms with Crippen molar-refractivity contribution in [1.29, 1.82) is 0 Å². The number of nitrogens with one attached hydrogen (secondary N) is 1. The van der Waals surface area contributed by atoms with Crippen LogP contribution < -0.4 is 5.32 Å². The van der Waals surface area contributed by atoms with Crippen molar-refractivity contribution in [1.82, 2.24) is 15.1 Å². The molecule has 0 spiro atoms. The zero-order valence-corrected chi connectivity index (χ0v) is 25.5. The van der Waals surface area contributed by atoms with E-state index in [-0.39, 0.29) is 53.7 Å². The summed E-state index contributed by atoms with van der Waals surface area (Å²) in [5, 5.41) is 2.90. The van der Waals surface area contributed by atoms with Gasteiger partial charge < -0.3 is 15.0 Å². The lowest BCUT2D eigenvalue weighted by Crippen LogP contribution is -2.52. The predicted octanol–water partition coefficient (Wildman–Crippen LogP) is 4.89. The van der Waals surface area contributed by atoms with E-state index in [1.807, 2.05) is 37.3 Å². The van der Waals surface area contributed by atoms with Gasteiger partial charge in [-0.1, -0.05) is 85.7 Å². The number of likely N-dealkylation sites (tertiary alicyclic amines) is 1. The van der Waals surface area contributed by atoms with E-state index in [9.17, 15) is 14.4 Å². The first-order chi connectivity index (χ1) is 17.8. The van der Waals surface area contributed by atoms with Crippen molar-refractivity contribution in [3.05, 3.63) is 35.9 Å². The van der Waals surface area contributed by atoms with Crippen molar-refractivity contribution >= 4 is 17.8 Å². The Bertz CT molecular complexity index is 866. The third kappa shape index (κ3) is 9.72. The molecular formula is C31H53N3O4. The number of hydrogen-bond donors (Lipinski definition) is 1. The second kappa shape index (κ2) is 15.9. The van der Waals surface area contributed by atoms with Crippen LogP contribution in [0.5, 0.6) is 0 Å². The molecule has 1 saturated heterocycles. The molecule has 1 aliphatic rings. The molecule has 1 heterocycles. The summed E-state index contributed by atoms with van der Waals surface area (Å²) in [5.74, 6) is 0.328. The largest absolute Gasteiger partial charge is 0.468 e. The lowest BCUT2D eigenvalue weighted by molar-refractivity contribution is -0.146. The van der Waals surface area contributed by atoms with Crippen LogP contribution in [-0.4, -0.2) is 73.5 Å². The Hall–Kier alpha value is -2.41. The minimum atomic E-state index is -0.353. The number of methoxy groups -OCH3 is 1. The van der Waals surface area contributed by atoms with Crippen LogP contribution in [0.4, 0.5) is 0 Å². The monoisotopic (exact) mass is 531 g/mol. The van der Waals surface area contributed by atoms with Gasteiger partial charge in [-0.3, -0.25) is 19.3 Å². The number of carbonyl (C=O) groups excluding carboxylic acids is 3. The maximum absolute atomic E-state index is 13.1. The SMILES string of the molecule is CC(C)C.CC[C@H](C(=O)NCC(=O)N(C)[C@H](CN1CCC[C@H]1C(=O)OC)C(C)C)C(C)(C)c1ccccc1. The highest BCUT2D eigenvalue weighted by Crippen LogP contribution is 2.34. The fourth-order valence-corrected chi connectivity index (χ4v) is 5.16. The van der Waals surface area contributed by atoms with Gasteiger partial charge >= 0.3 is 5.97 Å². The van der Waals surface area contributed by atoms with Crippen LogP contribution in [0.1, 0.15) is 80.2 Å². The van der Waals surface area contributed by atoms with E-state index in [1.54, 1.807) is 11.9 Å². The molecule has 7 nitrogen and oxygen atoms in total. The second-order valence-electron chi connectivity index (χ2n) is 12.0. The third-order valence-electron chi connectivity index (χ3n) is 7.45. The van der Waals surface area contributed by atoms with Crippen LogP contribution in [0.15, 0.2) is 30.3 Å². The van der Waals surface area contributed by atoms with Gasteiger partial charge in [0.15, 0.2) is 0 Å².